The van der Waals surface area contributed by atoms with E-state index in [0.717, 1.165) is 0 Å². The third-order valence-electron chi connectivity index (χ3n) is 3.83. The summed E-state index contributed by atoms with van der Waals surface area (Å²) in [7, 11) is 0. The van der Waals surface area contributed by atoms with Crippen molar-refractivity contribution in [3.63, 3.8) is 0 Å². The molecule has 0 bridgehead atoms. The maximum atomic E-state index is 11.4. The van der Waals surface area contributed by atoms with E-state index in [0.29, 0.717) is 22.5 Å². The SMILES string of the molecule is O=C(O)c1ccccc1N=N/C(=N/Nc1cc(SOO[O-])ccc1O)c1ccccc1.[Na+]. The Morgan fingerprint density at radius 1 is 1.03 bits per heavy atom. The Bertz CT molecular complexity index is 1110. The molecule has 0 heterocycles. The molecule has 0 aromatic heterocycles. The van der Waals surface area contributed by atoms with Crippen molar-refractivity contribution in [1.29, 1.82) is 0 Å². The summed E-state index contributed by atoms with van der Waals surface area (Å²) in [4.78, 5) is 11.8. The molecule has 0 unspecified atom stereocenters. The Balaban J connectivity index is 0.00000363. The molecule has 0 amide bonds. The number of nitrogens with zero attached hydrogens (tertiary/aromatic N) is 3. The number of hydrogen-bond donors (Lipinski definition) is 3. The molecular formula is C20H15N4NaO6S. The fraction of sp³-hybridized carbons (Fsp3) is 0. The molecule has 3 aromatic rings. The number of hydrazone groups is 1. The first-order valence-electron chi connectivity index (χ1n) is 8.68. The zero-order valence-electron chi connectivity index (χ0n) is 16.7. The van der Waals surface area contributed by atoms with E-state index in [2.05, 4.69) is 30.1 Å². The topological polar surface area (TPSA) is 148 Å². The summed E-state index contributed by atoms with van der Waals surface area (Å²) >= 11 is 0.654. The number of carbonyl (C=O) groups is 1. The third-order valence-corrected chi connectivity index (χ3v) is 4.40. The van der Waals surface area contributed by atoms with Crippen LogP contribution in [0.2, 0.25) is 0 Å². The number of carboxylic acids is 1. The van der Waals surface area contributed by atoms with Crippen molar-refractivity contribution in [2.45, 2.75) is 4.90 Å². The van der Waals surface area contributed by atoms with Crippen molar-refractivity contribution in [1.82, 2.24) is 0 Å². The van der Waals surface area contributed by atoms with Gasteiger partial charge >= 0.3 is 35.5 Å². The largest absolute Gasteiger partial charge is 1.00 e. The van der Waals surface area contributed by atoms with Crippen LogP contribution in [0.25, 0.3) is 0 Å². The first kappa shape index (κ1) is 25.5. The number of anilines is 1. The molecule has 12 heteroatoms. The van der Waals surface area contributed by atoms with Gasteiger partial charge in [0.2, 0.25) is 5.84 Å². The van der Waals surface area contributed by atoms with Gasteiger partial charge in [0.1, 0.15) is 11.4 Å². The van der Waals surface area contributed by atoms with E-state index < -0.39 is 5.97 Å². The van der Waals surface area contributed by atoms with Crippen LogP contribution in [0.15, 0.2) is 93.0 Å². The number of azo groups is 1. The Morgan fingerprint density at radius 2 is 1.75 bits per heavy atom. The molecule has 0 radical (unpaired) electrons. The second-order valence-electron chi connectivity index (χ2n) is 5.83. The van der Waals surface area contributed by atoms with Crippen LogP contribution in [0, 0.1) is 0 Å². The van der Waals surface area contributed by atoms with E-state index in [9.17, 15) is 20.3 Å². The number of hydrogen-bond acceptors (Lipinski definition) is 9. The standard InChI is InChI=1S/C20H16N4O6S.Na/c25-18-11-10-14(31-30-29-28)12-17(18)22-24-19(13-6-2-1-3-7-13)23-21-16-9-5-4-8-15(16)20(26)27;/h1-12,22,25,28H,(H,26,27);/q;+1/p-1/b23-21?,24-19+;. The van der Waals surface area contributed by atoms with Crippen LogP contribution in [0.1, 0.15) is 15.9 Å². The van der Waals surface area contributed by atoms with Crippen LogP contribution < -0.4 is 40.2 Å². The van der Waals surface area contributed by atoms with Gasteiger partial charge < -0.3 is 15.5 Å². The Kier molecular flexibility index (Phi) is 10.3. The minimum Gasteiger partial charge on any atom is -0.691 e. The second-order valence-corrected chi connectivity index (χ2v) is 6.61. The van der Waals surface area contributed by atoms with Gasteiger partial charge in [-0.05, 0) is 30.3 Å². The number of phenols is 1. The van der Waals surface area contributed by atoms with Crippen molar-refractivity contribution in [2.24, 2.45) is 15.3 Å². The average Bonchev–Trinajstić information content (AvgIpc) is 2.80. The van der Waals surface area contributed by atoms with Gasteiger partial charge in [0, 0.05) is 10.5 Å². The predicted molar refractivity (Wildman–Crippen MR) is 111 cm³/mol. The van der Waals surface area contributed by atoms with E-state index in [4.69, 9.17) is 0 Å². The molecule has 3 aromatic carbocycles. The molecule has 0 aliphatic heterocycles. The molecule has 32 heavy (non-hydrogen) atoms. The number of aromatic hydroxyl groups is 1. The van der Waals surface area contributed by atoms with Gasteiger partial charge in [0.25, 0.3) is 0 Å². The number of nitrogens with one attached hydrogen (secondary N) is 1. The van der Waals surface area contributed by atoms with Crippen LogP contribution >= 0.6 is 12.0 Å². The second kappa shape index (κ2) is 12.9. The number of phenolic OH excluding ortho intramolecular Hbond substituents is 1. The molecule has 0 atom stereocenters. The summed E-state index contributed by atoms with van der Waals surface area (Å²) in [6.45, 7) is 0. The normalized spacial score (nSPS) is 11.2. The van der Waals surface area contributed by atoms with Crippen molar-refractivity contribution in [2.75, 3.05) is 5.43 Å². The summed E-state index contributed by atoms with van der Waals surface area (Å²) in [6, 6.07) is 19.4. The minimum absolute atomic E-state index is 0. The first-order chi connectivity index (χ1) is 15.1. The molecule has 0 saturated carbocycles. The van der Waals surface area contributed by atoms with Gasteiger partial charge in [-0.1, -0.05) is 42.5 Å². The van der Waals surface area contributed by atoms with Crippen LogP contribution in [0.5, 0.6) is 5.75 Å². The maximum absolute atomic E-state index is 11.4. The molecule has 3 N–H and O–H groups in total. The van der Waals surface area contributed by atoms with E-state index >= 15 is 0 Å². The molecule has 0 fully saturated rings. The van der Waals surface area contributed by atoms with Gasteiger partial charge in [-0.15, -0.1) is 10.2 Å². The zero-order valence-corrected chi connectivity index (χ0v) is 19.5. The number of benzene rings is 3. The summed E-state index contributed by atoms with van der Waals surface area (Å²) in [6.07, 6.45) is 0. The van der Waals surface area contributed by atoms with Crippen LogP contribution in [-0.4, -0.2) is 22.0 Å². The number of rotatable bonds is 8. The van der Waals surface area contributed by atoms with Crippen LogP contribution in [0.3, 0.4) is 0 Å². The van der Waals surface area contributed by atoms with Gasteiger partial charge in [0.05, 0.1) is 23.3 Å². The monoisotopic (exact) mass is 462 g/mol. The number of carboxylic acid groups (broad SMARTS) is 1. The molecular weight excluding hydrogens is 447 g/mol. The maximum Gasteiger partial charge on any atom is 1.00 e. The average molecular weight is 462 g/mol. The van der Waals surface area contributed by atoms with Crippen molar-refractivity contribution in [3.8, 4) is 5.75 Å². The van der Waals surface area contributed by atoms with Crippen LogP contribution in [0.4, 0.5) is 11.4 Å². The smallest absolute Gasteiger partial charge is 0.691 e. The van der Waals surface area contributed by atoms with E-state index in [1.807, 2.05) is 6.07 Å². The molecule has 0 spiro atoms. The summed E-state index contributed by atoms with van der Waals surface area (Å²) in [5, 5.41) is 45.0. The summed E-state index contributed by atoms with van der Waals surface area (Å²) in [5.41, 5.74) is 3.64. The van der Waals surface area contributed by atoms with E-state index in [1.54, 1.807) is 36.4 Å². The van der Waals surface area contributed by atoms with E-state index in [-0.39, 0.29) is 58.1 Å². The molecule has 3 rings (SSSR count). The molecule has 10 nitrogen and oxygen atoms in total. The Morgan fingerprint density at radius 3 is 2.47 bits per heavy atom. The van der Waals surface area contributed by atoms with Crippen LogP contribution in [-0.2, 0) is 9.37 Å². The Labute approximate surface area is 209 Å². The van der Waals surface area contributed by atoms with Gasteiger partial charge in [-0.2, -0.15) is 9.44 Å². The fourth-order valence-electron chi connectivity index (χ4n) is 2.40. The molecule has 0 aliphatic carbocycles. The van der Waals surface area contributed by atoms with Gasteiger partial charge in [0.15, 0.2) is 0 Å². The minimum atomic E-state index is -1.13. The Hall–Kier alpha value is -2.77. The fourth-order valence-corrected chi connectivity index (χ4v) is 2.79. The number of aromatic carboxylic acids is 1. The quantitative estimate of drug-likeness (QED) is 0.0653. The first-order valence-corrected chi connectivity index (χ1v) is 9.42. The molecule has 158 valence electrons. The zero-order chi connectivity index (χ0) is 22.1. The summed E-state index contributed by atoms with van der Waals surface area (Å²) < 4.78 is 4.26. The molecule has 0 aliphatic rings. The van der Waals surface area contributed by atoms with Crippen molar-refractivity contribution < 1.29 is 59.2 Å². The summed E-state index contributed by atoms with van der Waals surface area (Å²) in [5.74, 6) is -1.11. The van der Waals surface area contributed by atoms with E-state index in [1.165, 1.54) is 30.3 Å². The number of amidine groups is 1. The third kappa shape index (κ3) is 7.14. The van der Waals surface area contributed by atoms with Crippen molar-refractivity contribution in [3.05, 3.63) is 83.9 Å². The van der Waals surface area contributed by atoms with Crippen molar-refractivity contribution >= 4 is 35.2 Å². The predicted octanol–water partition coefficient (Wildman–Crippen LogP) is 0.883. The van der Waals surface area contributed by atoms with Gasteiger partial charge in [-0.25, -0.2) is 4.79 Å². The molecule has 0 saturated heterocycles. The van der Waals surface area contributed by atoms with Gasteiger partial charge in [-0.3, -0.25) is 10.5 Å².